The van der Waals surface area contributed by atoms with E-state index in [0.29, 0.717) is 17.4 Å². The minimum Gasteiger partial charge on any atom is -0.370 e. The van der Waals surface area contributed by atoms with E-state index in [2.05, 4.69) is 20.1 Å². The molecule has 0 unspecified atom stereocenters. The number of nitrogens with zero attached hydrogens (tertiary/aromatic N) is 4. The Kier molecular flexibility index (Phi) is 4.19. The fraction of sp³-hybridized carbons (Fsp3) is 0. The average Bonchev–Trinajstić information content (AvgIpc) is 3.05. The van der Waals surface area contributed by atoms with Crippen molar-refractivity contribution in [2.24, 2.45) is 27.2 Å². The first kappa shape index (κ1) is 15.2. The summed E-state index contributed by atoms with van der Waals surface area (Å²) in [6, 6.07) is 16.7. The molecule has 8 heteroatoms. The SMILES string of the molecule is NC(N)=NC(N)=Nc1ccc(-c2nc(-c3ccccc3)no2)cc1. The van der Waals surface area contributed by atoms with Crippen molar-refractivity contribution in [3.8, 4) is 22.8 Å². The summed E-state index contributed by atoms with van der Waals surface area (Å²) >= 11 is 0. The number of aliphatic imine (C=N–C) groups is 2. The van der Waals surface area contributed by atoms with Crippen molar-refractivity contribution in [3.05, 3.63) is 54.6 Å². The Morgan fingerprint density at radius 3 is 2.25 bits per heavy atom. The van der Waals surface area contributed by atoms with Crippen LogP contribution < -0.4 is 17.2 Å². The van der Waals surface area contributed by atoms with Gasteiger partial charge in [-0.05, 0) is 24.3 Å². The van der Waals surface area contributed by atoms with Gasteiger partial charge in [0.25, 0.3) is 5.89 Å². The van der Waals surface area contributed by atoms with Crippen molar-refractivity contribution in [3.63, 3.8) is 0 Å². The molecule has 3 rings (SSSR count). The fourth-order valence-corrected chi connectivity index (χ4v) is 2.01. The molecule has 0 fully saturated rings. The van der Waals surface area contributed by atoms with E-state index in [1.165, 1.54) is 0 Å². The van der Waals surface area contributed by atoms with E-state index in [1.54, 1.807) is 24.3 Å². The van der Waals surface area contributed by atoms with E-state index in [1.807, 2.05) is 30.3 Å². The lowest BCUT2D eigenvalue weighted by atomic mass is 10.2. The Morgan fingerprint density at radius 1 is 0.875 bits per heavy atom. The number of guanidine groups is 2. The van der Waals surface area contributed by atoms with E-state index in [4.69, 9.17) is 21.7 Å². The maximum Gasteiger partial charge on any atom is 0.258 e. The number of nitrogens with two attached hydrogens (primary N) is 3. The number of hydrogen-bond donors (Lipinski definition) is 3. The normalized spacial score (nSPS) is 11.2. The molecule has 1 heterocycles. The van der Waals surface area contributed by atoms with Crippen molar-refractivity contribution in [1.29, 1.82) is 0 Å². The van der Waals surface area contributed by atoms with Crippen LogP contribution >= 0.6 is 0 Å². The third kappa shape index (κ3) is 3.55. The van der Waals surface area contributed by atoms with Gasteiger partial charge >= 0.3 is 0 Å². The first-order valence-electron chi connectivity index (χ1n) is 7.05. The molecule has 24 heavy (non-hydrogen) atoms. The van der Waals surface area contributed by atoms with Gasteiger partial charge in [-0.15, -0.1) is 0 Å². The van der Waals surface area contributed by atoms with Gasteiger partial charge in [-0.2, -0.15) is 9.98 Å². The summed E-state index contributed by atoms with van der Waals surface area (Å²) in [6.45, 7) is 0. The predicted molar refractivity (Wildman–Crippen MR) is 92.3 cm³/mol. The molecular formula is C16H15N7O. The van der Waals surface area contributed by atoms with Crippen LogP contribution in [0.15, 0.2) is 69.1 Å². The van der Waals surface area contributed by atoms with E-state index >= 15 is 0 Å². The van der Waals surface area contributed by atoms with Crippen LogP contribution in [0.4, 0.5) is 5.69 Å². The lowest BCUT2D eigenvalue weighted by Gasteiger charge is -1.97. The molecule has 0 spiro atoms. The van der Waals surface area contributed by atoms with Crippen molar-refractivity contribution < 1.29 is 4.52 Å². The third-order valence-corrected chi connectivity index (χ3v) is 3.06. The molecule has 6 N–H and O–H groups in total. The highest BCUT2D eigenvalue weighted by Crippen LogP contribution is 2.24. The summed E-state index contributed by atoms with van der Waals surface area (Å²) in [5, 5.41) is 3.99. The molecule has 0 aliphatic rings. The van der Waals surface area contributed by atoms with Crippen molar-refractivity contribution in [2.75, 3.05) is 0 Å². The number of rotatable bonds is 3. The minimum atomic E-state index is -0.146. The van der Waals surface area contributed by atoms with Crippen molar-refractivity contribution in [2.45, 2.75) is 0 Å². The highest BCUT2D eigenvalue weighted by molar-refractivity contribution is 5.93. The molecule has 0 radical (unpaired) electrons. The van der Waals surface area contributed by atoms with Crippen LogP contribution in [-0.2, 0) is 0 Å². The zero-order valence-electron chi connectivity index (χ0n) is 12.6. The molecule has 0 atom stereocenters. The van der Waals surface area contributed by atoms with E-state index < -0.39 is 0 Å². The first-order chi connectivity index (χ1) is 11.6. The van der Waals surface area contributed by atoms with Gasteiger partial charge in [0.2, 0.25) is 11.8 Å². The summed E-state index contributed by atoms with van der Waals surface area (Å²) in [5.41, 5.74) is 18.3. The van der Waals surface area contributed by atoms with E-state index in [-0.39, 0.29) is 11.9 Å². The Labute approximate surface area is 137 Å². The maximum absolute atomic E-state index is 5.59. The molecule has 3 aromatic rings. The molecule has 120 valence electrons. The summed E-state index contributed by atoms with van der Waals surface area (Å²) in [5.74, 6) is 0.783. The molecule has 0 saturated heterocycles. The van der Waals surface area contributed by atoms with Gasteiger partial charge < -0.3 is 21.7 Å². The lowest BCUT2D eigenvalue weighted by molar-refractivity contribution is 0.432. The predicted octanol–water partition coefficient (Wildman–Crippen LogP) is 1.62. The number of aromatic nitrogens is 2. The quantitative estimate of drug-likeness (QED) is 0.494. The Hall–Kier alpha value is -3.68. The van der Waals surface area contributed by atoms with Gasteiger partial charge in [0.1, 0.15) is 0 Å². The molecule has 1 aromatic heterocycles. The van der Waals surface area contributed by atoms with Crippen LogP contribution in [0.3, 0.4) is 0 Å². The molecule has 0 saturated carbocycles. The summed E-state index contributed by atoms with van der Waals surface area (Å²) in [6.07, 6.45) is 0. The second-order valence-corrected chi connectivity index (χ2v) is 4.84. The largest absolute Gasteiger partial charge is 0.370 e. The van der Waals surface area contributed by atoms with Gasteiger partial charge in [-0.1, -0.05) is 35.5 Å². The third-order valence-electron chi connectivity index (χ3n) is 3.06. The number of benzene rings is 2. The van der Waals surface area contributed by atoms with Crippen molar-refractivity contribution >= 4 is 17.6 Å². The Morgan fingerprint density at radius 2 is 1.58 bits per heavy atom. The molecule has 8 nitrogen and oxygen atoms in total. The zero-order chi connectivity index (χ0) is 16.9. The molecule has 0 aliphatic heterocycles. The van der Waals surface area contributed by atoms with Gasteiger partial charge in [0, 0.05) is 11.1 Å². The van der Waals surface area contributed by atoms with Gasteiger partial charge in [-0.25, -0.2) is 4.99 Å². The van der Waals surface area contributed by atoms with Gasteiger partial charge in [-0.3, -0.25) is 0 Å². The monoisotopic (exact) mass is 321 g/mol. The van der Waals surface area contributed by atoms with Gasteiger partial charge in [0.05, 0.1) is 5.69 Å². The minimum absolute atomic E-state index is 0.0214. The van der Waals surface area contributed by atoms with E-state index in [9.17, 15) is 0 Å². The molecule has 0 amide bonds. The topological polar surface area (TPSA) is 142 Å². The van der Waals surface area contributed by atoms with Crippen LogP contribution in [0.25, 0.3) is 22.8 Å². The second-order valence-electron chi connectivity index (χ2n) is 4.84. The lowest BCUT2D eigenvalue weighted by Crippen LogP contribution is -2.26. The van der Waals surface area contributed by atoms with Crippen LogP contribution in [0.5, 0.6) is 0 Å². The molecular weight excluding hydrogens is 306 g/mol. The second kappa shape index (κ2) is 6.61. The van der Waals surface area contributed by atoms with Crippen LogP contribution in [0.1, 0.15) is 0 Å². The van der Waals surface area contributed by atoms with Gasteiger partial charge in [0.15, 0.2) is 5.96 Å². The smallest absolute Gasteiger partial charge is 0.258 e. The first-order valence-corrected chi connectivity index (χ1v) is 7.05. The Balaban J connectivity index is 1.82. The van der Waals surface area contributed by atoms with Crippen LogP contribution in [0.2, 0.25) is 0 Å². The average molecular weight is 321 g/mol. The highest BCUT2D eigenvalue weighted by Gasteiger charge is 2.10. The number of hydrogen-bond acceptors (Lipinski definition) is 4. The zero-order valence-corrected chi connectivity index (χ0v) is 12.6. The summed E-state index contributed by atoms with van der Waals surface area (Å²) < 4.78 is 5.30. The standard InChI is InChI=1S/C16H15N7O/c17-15(18)22-16(19)20-12-8-6-11(7-9-12)14-21-13(23-24-14)10-4-2-1-3-5-10/h1-9H,(H6,17,18,19,20,22). The van der Waals surface area contributed by atoms with Crippen LogP contribution in [0, 0.1) is 0 Å². The van der Waals surface area contributed by atoms with Crippen LogP contribution in [-0.4, -0.2) is 22.1 Å². The molecule has 0 aliphatic carbocycles. The molecule has 2 aromatic carbocycles. The highest BCUT2D eigenvalue weighted by atomic mass is 16.5. The summed E-state index contributed by atoms with van der Waals surface area (Å²) in [4.78, 5) is 12.1. The summed E-state index contributed by atoms with van der Waals surface area (Å²) in [7, 11) is 0. The van der Waals surface area contributed by atoms with Crippen molar-refractivity contribution in [1.82, 2.24) is 10.1 Å². The van der Waals surface area contributed by atoms with E-state index in [0.717, 1.165) is 11.1 Å². The fourth-order valence-electron chi connectivity index (χ4n) is 2.01. The Bertz CT molecular complexity index is 878. The maximum atomic E-state index is 5.59. The molecule has 0 bridgehead atoms.